The van der Waals surface area contributed by atoms with Crippen molar-refractivity contribution < 1.29 is 89.0 Å². The maximum Gasteiger partial charge on any atom is 1.00 e. The van der Waals surface area contributed by atoms with Crippen molar-refractivity contribution in [3.05, 3.63) is 60.7 Å². The molecule has 0 saturated heterocycles. The molecule has 0 aliphatic heterocycles. The number of rotatable bonds is 2. The van der Waals surface area contributed by atoms with Gasteiger partial charge in [-0.2, -0.15) is 4.89 Å². The molecule has 2 atom stereocenters. The Morgan fingerprint density at radius 3 is 1.27 bits per heavy atom. The van der Waals surface area contributed by atoms with Crippen LogP contribution in [-0.2, 0) is 9.13 Å². The molecule has 0 amide bonds. The van der Waals surface area contributed by atoms with Crippen LogP contribution in [0.1, 0.15) is 0 Å². The summed E-state index contributed by atoms with van der Waals surface area (Å²) in [6.07, 6.45) is 0. The predicted molar refractivity (Wildman–Crippen MR) is 75.1 cm³/mol. The van der Waals surface area contributed by atoms with E-state index in [1.54, 1.807) is 54.6 Å². The summed E-state index contributed by atoms with van der Waals surface area (Å²) in [7, 11) is -4.54. The van der Waals surface area contributed by atoms with Crippen molar-refractivity contribution >= 4 is 26.7 Å². The Balaban J connectivity index is -0.000000125. The number of hydrogen-bond acceptors (Lipinski definition) is 4. The predicted octanol–water partition coefficient (Wildman–Crippen LogP) is -5.53. The average molecular weight is 362 g/mol. The minimum absolute atomic E-state index is 0. The van der Waals surface area contributed by atoms with E-state index in [2.05, 4.69) is 0 Å². The molecule has 0 heterocycles. The second kappa shape index (κ2) is 17.8. The first-order valence-corrected chi connectivity index (χ1v) is 7.41. The van der Waals surface area contributed by atoms with Crippen molar-refractivity contribution in [1.29, 1.82) is 0 Å². The Labute approximate surface area is 174 Å². The van der Waals surface area contributed by atoms with Crippen LogP contribution in [0.2, 0.25) is 0 Å². The normalized spacial score (nSPS) is 9.00. The van der Waals surface area contributed by atoms with E-state index in [1.807, 2.05) is 6.07 Å². The Morgan fingerprint density at radius 2 is 1.09 bits per heavy atom. The van der Waals surface area contributed by atoms with Gasteiger partial charge in [-0.15, -0.1) is 0 Å². The van der Waals surface area contributed by atoms with Gasteiger partial charge in [-0.25, -0.2) is 0 Å². The van der Waals surface area contributed by atoms with Gasteiger partial charge in [-0.3, -0.25) is 0 Å². The van der Waals surface area contributed by atoms with E-state index in [4.69, 9.17) is 4.89 Å². The molecule has 0 aliphatic carbocycles. The first kappa shape index (κ1) is 30.4. The smallest absolute Gasteiger partial charge is 0.870 e. The Morgan fingerprint density at radius 1 is 0.773 bits per heavy atom. The molecule has 0 bridgehead atoms. The van der Waals surface area contributed by atoms with Gasteiger partial charge in [0.05, 0.1) is 0 Å². The van der Waals surface area contributed by atoms with E-state index in [0.717, 1.165) is 0 Å². The van der Waals surface area contributed by atoms with Crippen molar-refractivity contribution in [3.63, 3.8) is 0 Å². The summed E-state index contributed by atoms with van der Waals surface area (Å²) < 4.78 is 20.6. The zero-order valence-electron chi connectivity index (χ0n) is 12.3. The van der Waals surface area contributed by atoms with Gasteiger partial charge in [0, 0.05) is 0 Å². The standard InChI is InChI=1S/2C6H5O2P.2Na.2H2O/c2*7-9(8)6-4-2-1-3-5-6;;;;/h2*1-5H;;;2*1H2/q;;2*+1;;. The van der Waals surface area contributed by atoms with Gasteiger partial charge in [0.15, 0.2) is 5.30 Å². The molecule has 0 spiro atoms. The molecule has 6 nitrogen and oxygen atoms in total. The molecule has 10 heteroatoms. The number of benzene rings is 2. The zero-order chi connectivity index (χ0) is 13.4. The summed E-state index contributed by atoms with van der Waals surface area (Å²) in [5.74, 6) is 0. The summed E-state index contributed by atoms with van der Waals surface area (Å²) in [6, 6.07) is 16.8. The fourth-order valence-corrected chi connectivity index (χ4v) is 1.95. The molecular weight excluding hydrogens is 348 g/mol. The van der Waals surface area contributed by atoms with Crippen molar-refractivity contribution in [3.8, 4) is 0 Å². The maximum absolute atomic E-state index is 10.3. The monoisotopic (exact) mass is 362 g/mol. The van der Waals surface area contributed by atoms with E-state index in [0.29, 0.717) is 10.6 Å². The van der Waals surface area contributed by atoms with Gasteiger partial charge in [0.2, 0.25) is 5.30 Å². The fraction of sp³-hybridized carbons (Fsp3) is 0. The van der Waals surface area contributed by atoms with Gasteiger partial charge in [-0.05, 0) is 28.8 Å². The fourth-order valence-electron chi connectivity index (χ4n) is 1.11. The summed E-state index contributed by atoms with van der Waals surface area (Å²) >= 11 is 0. The van der Waals surface area contributed by atoms with Gasteiger partial charge < -0.3 is 15.8 Å². The Kier molecular flexibility index (Phi) is 24.6. The first-order chi connectivity index (χ1) is 8.61. The van der Waals surface area contributed by atoms with E-state index in [9.17, 15) is 14.0 Å². The molecule has 0 fully saturated rings. The molecule has 0 radical (unpaired) electrons. The molecule has 108 valence electrons. The van der Waals surface area contributed by atoms with Crippen molar-refractivity contribution in [2.24, 2.45) is 0 Å². The topological polar surface area (TPSA) is 139 Å². The van der Waals surface area contributed by atoms with Crippen LogP contribution >= 0.6 is 16.1 Å². The largest absolute Gasteiger partial charge is 1.00 e. The molecule has 0 aromatic heterocycles. The van der Waals surface area contributed by atoms with E-state index in [1.165, 1.54) is 0 Å². The van der Waals surface area contributed by atoms with Gasteiger partial charge in [-0.1, -0.05) is 41.0 Å². The van der Waals surface area contributed by atoms with Crippen LogP contribution in [0.3, 0.4) is 0 Å². The summed E-state index contributed by atoms with van der Waals surface area (Å²) in [5, 5.41) is 0.847. The Hall–Kier alpha value is 0.480. The second-order valence-electron chi connectivity index (χ2n) is 3.20. The molecular formula is C12H14Na2O6P2+2. The zero-order valence-corrected chi connectivity index (χ0v) is 18.1. The SMILES string of the molecule is O.O=[P+](O)c1ccccc1.O=[P+]([O-])c1ccccc1.[Na+].[Na+].[OH-]. The van der Waals surface area contributed by atoms with E-state index >= 15 is 0 Å². The molecule has 2 unspecified atom stereocenters. The minimum atomic E-state index is -2.40. The van der Waals surface area contributed by atoms with Crippen LogP contribution in [0.15, 0.2) is 60.7 Å². The van der Waals surface area contributed by atoms with Crippen LogP contribution in [-0.4, -0.2) is 15.8 Å². The molecule has 0 saturated carbocycles. The van der Waals surface area contributed by atoms with E-state index < -0.39 is 16.1 Å². The molecule has 0 aliphatic rings. The molecule has 4 N–H and O–H groups in total. The van der Waals surface area contributed by atoms with Crippen molar-refractivity contribution in [1.82, 2.24) is 0 Å². The van der Waals surface area contributed by atoms with Crippen LogP contribution in [0, 0.1) is 0 Å². The third kappa shape index (κ3) is 13.0. The van der Waals surface area contributed by atoms with Crippen molar-refractivity contribution in [2.75, 3.05) is 0 Å². The molecule has 2 aromatic rings. The minimum Gasteiger partial charge on any atom is -0.870 e. The van der Waals surface area contributed by atoms with Gasteiger partial charge >= 0.3 is 75.2 Å². The third-order valence-electron chi connectivity index (χ3n) is 1.94. The average Bonchev–Trinajstić information content (AvgIpc) is 2.41. The molecule has 22 heavy (non-hydrogen) atoms. The quantitative estimate of drug-likeness (QED) is 0.419. The maximum atomic E-state index is 10.3. The molecule has 2 rings (SSSR count). The summed E-state index contributed by atoms with van der Waals surface area (Å²) in [6.45, 7) is 0. The summed E-state index contributed by atoms with van der Waals surface area (Å²) in [4.78, 5) is 18.8. The Bertz CT molecular complexity index is 478. The van der Waals surface area contributed by atoms with Crippen LogP contribution < -0.4 is 74.6 Å². The second-order valence-corrected chi connectivity index (χ2v) is 5.29. The number of hydrogen-bond donors (Lipinski definition) is 1. The van der Waals surface area contributed by atoms with Crippen molar-refractivity contribution in [2.45, 2.75) is 0 Å². The summed E-state index contributed by atoms with van der Waals surface area (Å²) in [5.41, 5.74) is 0. The van der Waals surface area contributed by atoms with Gasteiger partial charge in [0.1, 0.15) is 0 Å². The third-order valence-corrected chi connectivity index (χ3v) is 3.40. The van der Waals surface area contributed by atoms with E-state index in [-0.39, 0.29) is 70.1 Å². The molecule has 2 aromatic carbocycles. The van der Waals surface area contributed by atoms with Crippen LogP contribution in [0.4, 0.5) is 0 Å². The van der Waals surface area contributed by atoms with Crippen LogP contribution in [0.5, 0.6) is 0 Å². The van der Waals surface area contributed by atoms with Gasteiger partial charge in [0.25, 0.3) is 0 Å². The first-order valence-electron chi connectivity index (χ1n) is 5.02. The van der Waals surface area contributed by atoms with Crippen LogP contribution in [0.25, 0.3) is 0 Å².